The van der Waals surface area contributed by atoms with E-state index in [1.807, 2.05) is 12.2 Å². The Bertz CT molecular complexity index is 614. The second-order valence-corrected chi connectivity index (χ2v) is 6.53. The molecule has 0 aliphatic rings. The van der Waals surface area contributed by atoms with Gasteiger partial charge < -0.3 is 15.8 Å². The summed E-state index contributed by atoms with van der Waals surface area (Å²) in [6.45, 7) is 13.8. The van der Waals surface area contributed by atoms with Crippen molar-refractivity contribution in [1.29, 1.82) is 0 Å². The van der Waals surface area contributed by atoms with E-state index in [-0.39, 0.29) is 36.8 Å². The number of rotatable bonds is 10. The summed E-state index contributed by atoms with van der Waals surface area (Å²) in [4.78, 5) is 14.8. The second kappa shape index (κ2) is 13.7. The third kappa shape index (κ3) is 8.01. The predicted molar refractivity (Wildman–Crippen MR) is 120 cm³/mol. The van der Waals surface area contributed by atoms with Crippen LogP contribution < -0.4 is 15.8 Å². The topological polar surface area (TPSA) is 67.6 Å². The second-order valence-electron chi connectivity index (χ2n) is 6.13. The number of nitrogens with two attached hydrogens (primary N) is 1. The van der Waals surface area contributed by atoms with Crippen LogP contribution in [0.3, 0.4) is 0 Å². The van der Waals surface area contributed by atoms with Crippen LogP contribution in [0.1, 0.15) is 24.2 Å². The molecule has 0 saturated carbocycles. The maximum atomic E-state index is 12.6. The molecule has 0 aliphatic carbocycles. The van der Waals surface area contributed by atoms with Crippen molar-refractivity contribution in [2.45, 2.75) is 19.9 Å². The number of benzene rings is 1. The lowest BCUT2D eigenvalue weighted by Gasteiger charge is -2.33. The number of ether oxygens (including phenoxy) is 1. The SMILES string of the molecule is C=CCN(CC=C)C(CNC(=O)c1cc(Cl)c(N)cc1OC)C(C)C.Cl.Cl. The van der Waals surface area contributed by atoms with Gasteiger partial charge in [-0.15, -0.1) is 38.0 Å². The zero-order chi connectivity index (χ0) is 19.0. The van der Waals surface area contributed by atoms with E-state index < -0.39 is 0 Å². The summed E-state index contributed by atoms with van der Waals surface area (Å²) < 4.78 is 5.24. The molecular formula is C19H30Cl3N3O2. The summed E-state index contributed by atoms with van der Waals surface area (Å²) in [6, 6.07) is 3.23. The lowest BCUT2D eigenvalue weighted by atomic mass is 10.0. The summed E-state index contributed by atoms with van der Waals surface area (Å²) in [5, 5.41) is 3.30. The van der Waals surface area contributed by atoms with Gasteiger partial charge in [-0.25, -0.2) is 0 Å². The number of halogens is 3. The molecule has 5 nitrogen and oxygen atoms in total. The minimum atomic E-state index is -0.249. The van der Waals surface area contributed by atoms with Gasteiger partial charge in [0.1, 0.15) is 5.75 Å². The average molecular weight is 439 g/mol. The maximum Gasteiger partial charge on any atom is 0.255 e. The van der Waals surface area contributed by atoms with E-state index in [9.17, 15) is 4.79 Å². The number of methoxy groups -OCH3 is 1. The lowest BCUT2D eigenvalue weighted by Crippen LogP contribution is -2.47. The van der Waals surface area contributed by atoms with Crippen LogP contribution in [-0.2, 0) is 0 Å². The molecule has 0 heterocycles. The highest BCUT2D eigenvalue weighted by molar-refractivity contribution is 6.33. The number of hydrogen-bond donors (Lipinski definition) is 2. The van der Waals surface area contributed by atoms with E-state index in [0.29, 0.717) is 34.5 Å². The fraction of sp³-hybridized carbons (Fsp3) is 0.421. The first-order valence-corrected chi connectivity index (χ1v) is 8.60. The van der Waals surface area contributed by atoms with E-state index in [0.717, 1.165) is 13.1 Å². The number of carbonyl (C=O) groups is 1. The van der Waals surface area contributed by atoms with Crippen LogP contribution in [0.4, 0.5) is 5.69 Å². The van der Waals surface area contributed by atoms with Gasteiger partial charge >= 0.3 is 0 Å². The van der Waals surface area contributed by atoms with Crippen LogP contribution in [-0.4, -0.2) is 43.6 Å². The molecule has 27 heavy (non-hydrogen) atoms. The van der Waals surface area contributed by atoms with Crippen molar-refractivity contribution < 1.29 is 9.53 Å². The summed E-state index contributed by atoms with van der Waals surface area (Å²) in [7, 11) is 1.49. The lowest BCUT2D eigenvalue weighted by molar-refractivity contribution is 0.0924. The normalized spacial score (nSPS) is 11.2. The van der Waals surface area contributed by atoms with E-state index in [2.05, 4.69) is 37.2 Å². The van der Waals surface area contributed by atoms with Crippen molar-refractivity contribution in [2.24, 2.45) is 5.92 Å². The number of hydrogen-bond acceptors (Lipinski definition) is 4. The van der Waals surface area contributed by atoms with Crippen LogP contribution >= 0.6 is 36.4 Å². The number of nitrogens with one attached hydrogen (secondary N) is 1. The van der Waals surface area contributed by atoms with Crippen molar-refractivity contribution in [3.05, 3.63) is 48.0 Å². The Morgan fingerprint density at radius 2 is 1.85 bits per heavy atom. The number of nitrogen functional groups attached to an aromatic ring is 1. The Morgan fingerprint density at radius 1 is 1.30 bits per heavy atom. The van der Waals surface area contributed by atoms with E-state index in [1.54, 1.807) is 6.07 Å². The Morgan fingerprint density at radius 3 is 2.30 bits per heavy atom. The molecule has 0 aromatic heterocycles. The van der Waals surface area contributed by atoms with Gasteiger partial charge in [-0.05, 0) is 12.0 Å². The number of anilines is 1. The van der Waals surface area contributed by atoms with Crippen LogP contribution in [0, 0.1) is 5.92 Å². The standard InChI is InChI=1S/C19H28ClN3O2.2ClH/c1-6-8-23(9-7-2)17(13(3)4)12-22-19(24)14-10-15(20)16(21)11-18(14)25-5;;/h6-7,10-11,13,17H,1-2,8-9,12,21H2,3-5H3,(H,22,24);2*1H. The molecule has 1 unspecified atom stereocenters. The van der Waals surface area contributed by atoms with Crippen LogP contribution in [0.5, 0.6) is 5.75 Å². The molecule has 1 aromatic carbocycles. The van der Waals surface area contributed by atoms with Crippen LogP contribution in [0.2, 0.25) is 5.02 Å². The molecule has 1 atom stereocenters. The van der Waals surface area contributed by atoms with E-state index >= 15 is 0 Å². The summed E-state index contributed by atoms with van der Waals surface area (Å²) in [5.74, 6) is 0.494. The minimum Gasteiger partial charge on any atom is -0.496 e. The molecule has 0 spiro atoms. The van der Waals surface area contributed by atoms with Crippen molar-refractivity contribution in [2.75, 3.05) is 32.5 Å². The molecule has 1 rings (SSSR count). The molecule has 0 aliphatic heterocycles. The zero-order valence-electron chi connectivity index (χ0n) is 16.0. The van der Waals surface area contributed by atoms with Gasteiger partial charge in [-0.1, -0.05) is 37.6 Å². The number of amides is 1. The molecule has 0 bridgehead atoms. The first-order chi connectivity index (χ1) is 11.8. The predicted octanol–water partition coefficient (Wildman–Crippen LogP) is 4.20. The molecule has 1 amide bonds. The monoisotopic (exact) mass is 437 g/mol. The first-order valence-electron chi connectivity index (χ1n) is 8.22. The minimum absolute atomic E-state index is 0. The zero-order valence-corrected chi connectivity index (χ0v) is 18.4. The summed E-state index contributed by atoms with van der Waals surface area (Å²) >= 11 is 6.04. The molecule has 0 saturated heterocycles. The maximum absolute atomic E-state index is 12.6. The molecule has 0 fully saturated rings. The van der Waals surface area contributed by atoms with E-state index in [1.165, 1.54) is 13.2 Å². The highest BCUT2D eigenvalue weighted by Gasteiger charge is 2.22. The highest BCUT2D eigenvalue weighted by atomic mass is 35.5. The molecule has 8 heteroatoms. The van der Waals surface area contributed by atoms with Gasteiger partial charge in [0.2, 0.25) is 0 Å². The van der Waals surface area contributed by atoms with Crippen LogP contribution in [0.25, 0.3) is 0 Å². The van der Waals surface area contributed by atoms with Gasteiger partial charge in [0.15, 0.2) is 0 Å². The van der Waals surface area contributed by atoms with Gasteiger partial charge in [0.25, 0.3) is 5.91 Å². The van der Waals surface area contributed by atoms with Gasteiger partial charge in [-0.2, -0.15) is 0 Å². The first kappa shape index (κ1) is 27.8. The quantitative estimate of drug-likeness (QED) is 0.424. The Labute approximate surface area is 179 Å². The largest absolute Gasteiger partial charge is 0.496 e. The van der Waals surface area contributed by atoms with Crippen LogP contribution in [0.15, 0.2) is 37.4 Å². The Hall–Kier alpha value is -1.40. The van der Waals surface area contributed by atoms with Crippen molar-refractivity contribution in [3.8, 4) is 5.75 Å². The Balaban J connectivity index is 0. The fourth-order valence-corrected chi connectivity index (χ4v) is 2.84. The fourth-order valence-electron chi connectivity index (χ4n) is 2.67. The van der Waals surface area contributed by atoms with Crippen molar-refractivity contribution in [1.82, 2.24) is 10.2 Å². The van der Waals surface area contributed by atoms with Gasteiger partial charge in [0, 0.05) is 31.7 Å². The smallest absolute Gasteiger partial charge is 0.255 e. The third-order valence-electron chi connectivity index (χ3n) is 4.00. The molecule has 3 N–H and O–H groups in total. The number of nitrogens with zero attached hydrogens (tertiary/aromatic N) is 1. The average Bonchev–Trinajstić information content (AvgIpc) is 2.56. The number of carbonyl (C=O) groups excluding carboxylic acids is 1. The molecule has 1 aromatic rings. The molecule has 154 valence electrons. The highest BCUT2D eigenvalue weighted by Crippen LogP contribution is 2.28. The van der Waals surface area contributed by atoms with Gasteiger partial charge in [-0.3, -0.25) is 9.69 Å². The third-order valence-corrected chi connectivity index (χ3v) is 4.33. The summed E-state index contributed by atoms with van der Waals surface area (Å²) in [5.41, 5.74) is 6.50. The van der Waals surface area contributed by atoms with Crippen molar-refractivity contribution in [3.63, 3.8) is 0 Å². The summed E-state index contributed by atoms with van der Waals surface area (Å²) in [6.07, 6.45) is 3.70. The van der Waals surface area contributed by atoms with Gasteiger partial charge in [0.05, 0.1) is 23.4 Å². The van der Waals surface area contributed by atoms with Crippen molar-refractivity contribution >= 4 is 48.0 Å². The molecule has 0 radical (unpaired) electrons. The Kier molecular flexibility index (Phi) is 14.1. The molecular weight excluding hydrogens is 409 g/mol. The van der Waals surface area contributed by atoms with E-state index in [4.69, 9.17) is 22.1 Å².